The molecule has 1 aromatic carbocycles. The Labute approximate surface area is 80.7 Å². The molecule has 0 aliphatic heterocycles. The number of hydrogen-bond donors (Lipinski definition) is 0. The number of rotatable bonds is 4. The third-order valence-corrected chi connectivity index (χ3v) is 3.15. The van der Waals surface area contributed by atoms with E-state index in [1.54, 1.807) is 14.2 Å². The van der Waals surface area contributed by atoms with Gasteiger partial charge in [0.1, 0.15) is 0 Å². The van der Waals surface area contributed by atoms with Gasteiger partial charge >= 0.3 is 9.28 Å². The van der Waals surface area contributed by atoms with E-state index in [2.05, 4.69) is 0 Å². The minimum atomic E-state index is -1.54. The van der Waals surface area contributed by atoms with Crippen LogP contribution in [0, 0.1) is 0 Å². The molecule has 0 spiro atoms. The largest absolute Gasteiger partial charge is 0.397 e. The van der Waals surface area contributed by atoms with Crippen molar-refractivity contribution in [3.63, 3.8) is 0 Å². The maximum atomic E-state index is 5.15. The van der Waals surface area contributed by atoms with E-state index < -0.39 is 9.28 Å². The van der Waals surface area contributed by atoms with Crippen LogP contribution in [0.1, 0.15) is 5.56 Å². The Morgan fingerprint density at radius 2 is 1.69 bits per heavy atom. The highest BCUT2D eigenvalue weighted by Gasteiger charge is 2.01. The van der Waals surface area contributed by atoms with Crippen molar-refractivity contribution in [2.24, 2.45) is 0 Å². The summed E-state index contributed by atoms with van der Waals surface area (Å²) in [6.45, 7) is 0. The average molecular weight is 194 g/mol. The van der Waals surface area contributed by atoms with Crippen LogP contribution < -0.4 is 0 Å². The molecule has 0 saturated heterocycles. The minimum Gasteiger partial charge on any atom is -0.397 e. The number of benzene rings is 1. The van der Waals surface area contributed by atoms with Gasteiger partial charge in [-0.25, -0.2) is 0 Å². The molecule has 0 fully saturated rings. The second kappa shape index (κ2) is 5.69. The molecule has 0 saturated carbocycles. The molecule has 0 atom stereocenters. The summed E-state index contributed by atoms with van der Waals surface area (Å²) in [5, 5.41) is 0. The first-order valence-electron chi connectivity index (χ1n) is 4.15. The molecule has 0 aliphatic rings. The Balaban J connectivity index is 2.57. The lowest BCUT2D eigenvalue weighted by Crippen LogP contribution is -2.15. The van der Waals surface area contributed by atoms with Crippen LogP contribution in [0.5, 0.6) is 0 Å². The first kappa shape index (κ1) is 10.2. The lowest BCUT2D eigenvalue weighted by Gasteiger charge is -2.04. The first-order valence-corrected chi connectivity index (χ1v) is 5.76. The van der Waals surface area contributed by atoms with Crippen molar-refractivity contribution in [2.75, 3.05) is 14.2 Å². The smallest absolute Gasteiger partial charge is 0.347 e. The first-order chi connectivity index (χ1) is 6.36. The summed E-state index contributed by atoms with van der Waals surface area (Å²) >= 11 is 0. The Morgan fingerprint density at radius 3 is 2.23 bits per heavy atom. The molecule has 0 radical (unpaired) electrons. The summed E-state index contributed by atoms with van der Waals surface area (Å²) in [7, 11) is 1.81. The van der Waals surface area contributed by atoms with Crippen molar-refractivity contribution < 1.29 is 8.85 Å². The summed E-state index contributed by atoms with van der Waals surface area (Å²) in [6, 6.07) is 10.1. The Bertz CT molecular complexity index is 255. The second-order valence-corrected chi connectivity index (χ2v) is 4.67. The van der Waals surface area contributed by atoms with Crippen LogP contribution in [0.2, 0.25) is 0 Å². The molecule has 0 bridgehead atoms. The van der Waals surface area contributed by atoms with Crippen LogP contribution in [0.3, 0.4) is 0 Å². The van der Waals surface area contributed by atoms with Crippen LogP contribution in [0.4, 0.5) is 0 Å². The van der Waals surface area contributed by atoms with Gasteiger partial charge in [0.15, 0.2) is 0 Å². The molecule has 0 heterocycles. The summed E-state index contributed by atoms with van der Waals surface area (Å²) in [4.78, 5) is 0. The topological polar surface area (TPSA) is 18.5 Å². The van der Waals surface area contributed by atoms with E-state index in [4.69, 9.17) is 8.85 Å². The van der Waals surface area contributed by atoms with Gasteiger partial charge in [-0.1, -0.05) is 36.4 Å². The highest BCUT2D eigenvalue weighted by Crippen LogP contribution is 2.01. The predicted molar refractivity (Wildman–Crippen MR) is 56.6 cm³/mol. The second-order valence-electron chi connectivity index (χ2n) is 2.61. The van der Waals surface area contributed by atoms with Crippen LogP contribution in [0.15, 0.2) is 36.0 Å². The third kappa shape index (κ3) is 3.54. The summed E-state index contributed by atoms with van der Waals surface area (Å²) in [5.74, 6) is 0. The normalized spacial score (nSPS) is 11.3. The SMILES string of the molecule is CO[SiH](C=Cc1ccccc1)OC. The lowest BCUT2D eigenvalue weighted by molar-refractivity contribution is 0.291. The van der Waals surface area contributed by atoms with Gasteiger partial charge in [0, 0.05) is 14.2 Å². The van der Waals surface area contributed by atoms with E-state index in [0.29, 0.717) is 0 Å². The highest BCUT2D eigenvalue weighted by atomic mass is 28.3. The van der Waals surface area contributed by atoms with E-state index in [0.717, 1.165) is 0 Å². The van der Waals surface area contributed by atoms with E-state index in [1.165, 1.54) is 5.56 Å². The van der Waals surface area contributed by atoms with Gasteiger partial charge in [-0.15, -0.1) is 0 Å². The van der Waals surface area contributed by atoms with E-state index in [9.17, 15) is 0 Å². The summed E-state index contributed by atoms with van der Waals surface area (Å²) < 4.78 is 10.3. The van der Waals surface area contributed by atoms with Gasteiger partial charge in [-0.3, -0.25) is 0 Å². The average Bonchev–Trinajstić information content (AvgIpc) is 2.21. The van der Waals surface area contributed by atoms with E-state index >= 15 is 0 Å². The lowest BCUT2D eigenvalue weighted by atomic mass is 10.2. The van der Waals surface area contributed by atoms with Gasteiger partial charge in [0.2, 0.25) is 0 Å². The summed E-state index contributed by atoms with van der Waals surface area (Å²) in [6.07, 6.45) is 2.03. The van der Waals surface area contributed by atoms with Crippen LogP contribution in [-0.4, -0.2) is 23.5 Å². The van der Waals surface area contributed by atoms with Gasteiger partial charge < -0.3 is 8.85 Å². The standard InChI is InChI=1S/C10H14O2Si/c1-11-13(12-2)9-8-10-6-4-3-5-7-10/h3-9,13H,1-2H3. The molecule has 1 rings (SSSR count). The molecule has 0 N–H and O–H groups in total. The highest BCUT2D eigenvalue weighted by molar-refractivity contribution is 6.51. The van der Waals surface area contributed by atoms with Crippen LogP contribution in [-0.2, 0) is 8.85 Å². The quantitative estimate of drug-likeness (QED) is 0.680. The van der Waals surface area contributed by atoms with Crippen LogP contribution >= 0.6 is 0 Å². The zero-order valence-electron chi connectivity index (χ0n) is 7.94. The van der Waals surface area contributed by atoms with Crippen LogP contribution in [0.25, 0.3) is 6.08 Å². The van der Waals surface area contributed by atoms with E-state index in [1.807, 2.05) is 42.1 Å². The zero-order valence-corrected chi connectivity index (χ0v) is 9.09. The van der Waals surface area contributed by atoms with Crippen molar-refractivity contribution in [1.29, 1.82) is 0 Å². The van der Waals surface area contributed by atoms with Gasteiger partial charge in [0.25, 0.3) is 0 Å². The Morgan fingerprint density at radius 1 is 1.08 bits per heavy atom. The molecule has 0 amide bonds. The van der Waals surface area contributed by atoms with Crippen molar-refractivity contribution in [1.82, 2.24) is 0 Å². The molecule has 0 aromatic heterocycles. The molecular weight excluding hydrogens is 180 g/mol. The molecule has 2 nitrogen and oxygen atoms in total. The Hall–Kier alpha value is -0.903. The summed E-state index contributed by atoms with van der Waals surface area (Å²) in [5.41, 5.74) is 3.18. The van der Waals surface area contributed by atoms with Crippen molar-refractivity contribution in [2.45, 2.75) is 0 Å². The van der Waals surface area contributed by atoms with Gasteiger partial charge in [-0.2, -0.15) is 0 Å². The number of hydrogen-bond acceptors (Lipinski definition) is 2. The fourth-order valence-corrected chi connectivity index (χ4v) is 1.89. The van der Waals surface area contributed by atoms with E-state index in [-0.39, 0.29) is 0 Å². The fraction of sp³-hybridized carbons (Fsp3) is 0.200. The maximum absolute atomic E-state index is 5.15. The fourth-order valence-electron chi connectivity index (χ4n) is 1.01. The molecule has 0 unspecified atom stereocenters. The Kier molecular flexibility index (Phi) is 4.46. The van der Waals surface area contributed by atoms with Crippen molar-refractivity contribution in [3.05, 3.63) is 41.6 Å². The molecule has 3 heteroatoms. The minimum absolute atomic E-state index is 1.18. The molecule has 1 aromatic rings. The van der Waals surface area contributed by atoms with Crippen molar-refractivity contribution in [3.8, 4) is 0 Å². The van der Waals surface area contributed by atoms with Gasteiger partial charge in [0.05, 0.1) is 0 Å². The molecule has 70 valence electrons. The molecule has 0 aliphatic carbocycles. The third-order valence-electron chi connectivity index (χ3n) is 1.71. The zero-order chi connectivity index (χ0) is 9.52. The maximum Gasteiger partial charge on any atom is 0.347 e. The monoisotopic (exact) mass is 194 g/mol. The van der Waals surface area contributed by atoms with Gasteiger partial charge in [-0.05, 0) is 11.3 Å². The predicted octanol–water partition coefficient (Wildman–Crippen LogP) is 1.75. The molecule has 13 heavy (non-hydrogen) atoms. The van der Waals surface area contributed by atoms with Crippen molar-refractivity contribution >= 4 is 15.4 Å². The molecular formula is C10H14O2Si.